The van der Waals surface area contributed by atoms with Gasteiger partial charge in [0.05, 0.1) is 12.0 Å². The molecule has 1 aromatic carbocycles. The van der Waals surface area contributed by atoms with Gasteiger partial charge in [-0.15, -0.1) is 0 Å². The lowest BCUT2D eigenvalue weighted by atomic mass is 9.86. The minimum absolute atomic E-state index is 0.124. The van der Waals surface area contributed by atoms with E-state index in [1.165, 1.54) is 0 Å². The fourth-order valence-electron chi connectivity index (χ4n) is 3.11. The van der Waals surface area contributed by atoms with Crippen molar-refractivity contribution in [3.8, 4) is 0 Å². The first-order valence-electron chi connectivity index (χ1n) is 8.01. The van der Waals surface area contributed by atoms with Crippen molar-refractivity contribution < 1.29 is 23.8 Å². The zero-order valence-electron chi connectivity index (χ0n) is 13.8. The van der Waals surface area contributed by atoms with Crippen molar-refractivity contribution in [3.63, 3.8) is 0 Å². The van der Waals surface area contributed by atoms with E-state index in [4.69, 9.17) is 9.15 Å². The molecule has 1 amide bonds. The van der Waals surface area contributed by atoms with Gasteiger partial charge in [-0.1, -0.05) is 0 Å². The highest BCUT2D eigenvalue weighted by Crippen LogP contribution is 2.27. The standard InChI is InChI=1S/C18H21NO5/c1-11-7-13-9-15(24-14(13)8-12(11)2)17(22)19-18(10-16(20)21)3-5-23-6-4-18/h7-9H,3-6,10H2,1-2H3,(H,19,22)(H,20,21). The van der Waals surface area contributed by atoms with Gasteiger partial charge in [-0.25, -0.2) is 0 Å². The van der Waals surface area contributed by atoms with E-state index in [-0.39, 0.29) is 18.1 Å². The van der Waals surface area contributed by atoms with Crippen molar-refractivity contribution in [3.05, 3.63) is 35.1 Å². The first-order chi connectivity index (χ1) is 11.4. The van der Waals surface area contributed by atoms with Gasteiger partial charge >= 0.3 is 5.97 Å². The molecular weight excluding hydrogens is 310 g/mol. The topological polar surface area (TPSA) is 88.8 Å². The lowest BCUT2D eigenvalue weighted by Gasteiger charge is -2.36. The zero-order valence-corrected chi connectivity index (χ0v) is 13.8. The Bertz CT molecular complexity index is 747. The number of aliphatic carboxylic acids is 1. The number of hydrogen-bond donors (Lipinski definition) is 2. The van der Waals surface area contributed by atoms with Crippen molar-refractivity contribution >= 4 is 22.8 Å². The van der Waals surface area contributed by atoms with Crippen molar-refractivity contribution in [2.45, 2.75) is 38.6 Å². The second kappa shape index (κ2) is 6.28. The number of fused-ring (bicyclic) bond motifs is 1. The van der Waals surface area contributed by atoms with Crippen molar-refractivity contribution in [2.24, 2.45) is 0 Å². The summed E-state index contributed by atoms with van der Waals surface area (Å²) in [6.45, 7) is 4.87. The summed E-state index contributed by atoms with van der Waals surface area (Å²) in [5.41, 5.74) is 2.09. The van der Waals surface area contributed by atoms with E-state index >= 15 is 0 Å². The van der Waals surface area contributed by atoms with Crippen molar-refractivity contribution in [1.29, 1.82) is 0 Å². The average Bonchev–Trinajstić information content (AvgIpc) is 2.90. The molecule has 0 unspecified atom stereocenters. The maximum atomic E-state index is 12.6. The number of aryl methyl sites for hydroxylation is 2. The van der Waals surface area contributed by atoms with Crippen LogP contribution in [0.1, 0.15) is 40.9 Å². The molecule has 0 aliphatic carbocycles. The molecule has 2 aromatic rings. The molecule has 1 saturated heterocycles. The van der Waals surface area contributed by atoms with Gasteiger partial charge in [-0.3, -0.25) is 9.59 Å². The third-order valence-electron chi connectivity index (χ3n) is 4.67. The Morgan fingerprint density at radius 1 is 1.17 bits per heavy atom. The fourth-order valence-corrected chi connectivity index (χ4v) is 3.11. The van der Waals surface area contributed by atoms with E-state index in [2.05, 4.69) is 5.32 Å². The van der Waals surface area contributed by atoms with E-state index in [9.17, 15) is 14.7 Å². The van der Waals surface area contributed by atoms with E-state index in [0.717, 1.165) is 16.5 Å². The van der Waals surface area contributed by atoms with Crippen LogP contribution in [0.5, 0.6) is 0 Å². The molecule has 0 saturated carbocycles. The molecule has 1 aromatic heterocycles. The van der Waals surface area contributed by atoms with Gasteiger partial charge in [0.2, 0.25) is 0 Å². The Kier molecular flexibility index (Phi) is 4.32. The second-order valence-corrected chi connectivity index (χ2v) is 6.50. The average molecular weight is 331 g/mol. The van der Waals surface area contributed by atoms with Crippen LogP contribution >= 0.6 is 0 Å². The van der Waals surface area contributed by atoms with E-state index in [1.807, 2.05) is 26.0 Å². The van der Waals surface area contributed by atoms with Crippen LogP contribution in [0.15, 0.2) is 22.6 Å². The molecule has 0 atom stereocenters. The third-order valence-corrected chi connectivity index (χ3v) is 4.67. The van der Waals surface area contributed by atoms with Crippen LogP contribution in [0.4, 0.5) is 0 Å². The van der Waals surface area contributed by atoms with Gasteiger partial charge in [0.1, 0.15) is 5.58 Å². The maximum absolute atomic E-state index is 12.6. The Labute approximate surface area is 139 Å². The molecule has 2 heterocycles. The molecule has 1 fully saturated rings. The van der Waals surface area contributed by atoms with Gasteiger partial charge < -0.3 is 19.6 Å². The minimum atomic E-state index is -0.937. The lowest BCUT2D eigenvalue weighted by molar-refractivity contribution is -0.139. The molecule has 1 aliphatic heterocycles. The predicted molar refractivity (Wildman–Crippen MR) is 88.2 cm³/mol. The molecule has 1 aliphatic rings. The minimum Gasteiger partial charge on any atom is -0.481 e. The number of ether oxygens (including phenoxy) is 1. The molecule has 0 radical (unpaired) electrons. The fraction of sp³-hybridized carbons (Fsp3) is 0.444. The van der Waals surface area contributed by atoms with Gasteiger partial charge in [0.15, 0.2) is 5.76 Å². The Morgan fingerprint density at radius 2 is 1.83 bits per heavy atom. The largest absolute Gasteiger partial charge is 0.481 e. The van der Waals surface area contributed by atoms with Crippen molar-refractivity contribution in [1.82, 2.24) is 5.32 Å². The molecule has 0 bridgehead atoms. The summed E-state index contributed by atoms with van der Waals surface area (Å²) in [6.07, 6.45) is 0.827. The summed E-state index contributed by atoms with van der Waals surface area (Å²) >= 11 is 0. The number of carbonyl (C=O) groups is 2. The van der Waals surface area contributed by atoms with Gasteiger partial charge in [0, 0.05) is 18.6 Å². The third kappa shape index (κ3) is 3.28. The molecule has 128 valence electrons. The number of amides is 1. The normalized spacial score (nSPS) is 16.9. The van der Waals surface area contributed by atoms with Crippen LogP contribution < -0.4 is 5.32 Å². The Balaban J connectivity index is 1.86. The van der Waals surface area contributed by atoms with Gasteiger partial charge in [-0.05, 0) is 56.0 Å². The molecule has 3 rings (SSSR count). The number of carboxylic acid groups (broad SMARTS) is 1. The smallest absolute Gasteiger partial charge is 0.305 e. The summed E-state index contributed by atoms with van der Waals surface area (Å²) in [6, 6.07) is 5.58. The first-order valence-corrected chi connectivity index (χ1v) is 8.01. The number of furan rings is 1. The van der Waals surface area contributed by atoms with Crippen LogP contribution in [0.3, 0.4) is 0 Å². The number of benzene rings is 1. The van der Waals surface area contributed by atoms with E-state index in [1.54, 1.807) is 6.07 Å². The molecule has 6 heteroatoms. The Hall–Kier alpha value is -2.34. The summed E-state index contributed by atoms with van der Waals surface area (Å²) in [4.78, 5) is 23.8. The zero-order chi connectivity index (χ0) is 17.3. The predicted octanol–water partition coefficient (Wildman–Crippen LogP) is 2.80. The van der Waals surface area contributed by atoms with E-state index < -0.39 is 11.5 Å². The molecule has 6 nitrogen and oxygen atoms in total. The van der Waals surface area contributed by atoms with Gasteiger partial charge in [-0.2, -0.15) is 0 Å². The summed E-state index contributed by atoms with van der Waals surface area (Å²) < 4.78 is 11.0. The number of carboxylic acids is 1. The van der Waals surface area contributed by atoms with E-state index in [0.29, 0.717) is 31.6 Å². The summed E-state index contributed by atoms with van der Waals surface area (Å²) in [7, 11) is 0. The second-order valence-electron chi connectivity index (χ2n) is 6.50. The molecule has 2 N–H and O–H groups in total. The quantitative estimate of drug-likeness (QED) is 0.899. The monoisotopic (exact) mass is 331 g/mol. The highest BCUT2D eigenvalue weighted by atomic mass is 16.5. The highest BCUT2D eigenvalue weighted by Gasteiger charge is 2.37. The first kappa shape index (κ1) is 16.5. The maximum Gasteiger partial charge on any atom is 0.305 e. The number of rotatable bonds is 4. The Morgan fingerprint density at radius 3 is 2.50 bits per heavy atom. The summed E-state index contributed by atoms with van der Waals surface area (Å²) in [5.74, 6) is -1.12. The summed E-state index contributed by atoms with van der Waals surface area (Å²) in [5, 5.41) is 12.9. The van der Waals surface area contributed by atoms with Crippen LogP contribution in [0, 0.1) is 13.8 Å². The van der Waals surface area contributed by atoms with Crippen LogP contribution in [-0.2, 0) is 9.53 Å². The number of carbonyl (C=O) groups excluding carboxylic acids is 1. The van der Waals surface area contributed by atoms with Crippen LogP contribution in [0.2, 0.25) is 0 Å². The molecule has 24 heavy (non-hydrogen) atoms. The van der Waals surface area contributed by atoms with Crippen LogP contribution in [0.25, 0.3) is 11.0 Å². The molecular formula is C18H21NO5. The number of hydrogen-bond acceptors (Lipinski definition) is 4. The lowest BCUT2D eigenvalue weighted by Crippen LogP contribution is -2.53. The van der Waals surface area contributed by atoms with Crippen molar-refractivity contribution in [2.75, 3.05) is 13.2 Å². The molecule has 0 spiro atoms. The highest BCUT2D eigenvalue weighted by molar-refractivity contribution is 5.97. The number of nitrogens with one attached hydrogen (secondary N) is 1. The SMILES string of the molecule is Cc1cc2cc(C(=O)NC3(CC(=O)O)CCOCC3)oc2cc1C. The van der Waals surface area contributed by atoms with Crippen LogP contribution in [-0.4, -0.2) is 35.7 Å². The van der Waals surface area contributed by atoms with Gasteiger partial charge in [0.25, 0.3) is 5.91 Å².